The highest BCUT2D eigenvalue weighted by Gasteiger charge is 2.30. The van der Waals surface area contributed by atoms with E-state index < -0.39 is 0 Å². The van der Waals surface area contributed by atoms with Crippen LogP contribution in [0.15, 0.2) is 24.3 Å². The van der Waals surface area contributed by atoms with E-state index in [0.29, 0.717) is 13.2 Å². The number of hydrogen-bond acceptors (Lipinski definition) is 3. The summed E-state index contributed by atoms with van der Waals surface area (Å²) in [6, 6.07) is 7.67. The van der Waals surface area contributed by atoms with Gasteiger partial charge >= 0.3 is 6.03 Å². The maximum atomic E-state index is 12.4. The highest BCUT2D eigenvalue weighted by Crippen LogP contribution is 2.29. The zero-order valence-corrected chi connectivity index (χ0v) is 12.7. The van der Waals surface area contributed by atoms with E-state index in [9.17, 15) is 9.90 Å². The van der Waals surface area contributed by atoms with E-state index in [1.807, 2.05) is 25.1 Å². The monoisotopic (exact) mass is 292 g/mol. The van der Waals surface area contributed by atoms with Crippen molar-refractivity contribution >= 4 is 6.03 Å². The van der Waals surface area contributed by atoms with Crippen LogP contribution < -0.4 is 5.32 Å². The Hall–Kier alpha value is -1.59. The van der Waals surface area contributed by atoms with Crippen LogP contribution in [-0.4, -0.2) is 48.9 Å². The van der Waals surface area contributed by atoms with Gasteiger partial charge < -0.3 is 20.1 Å². The van der Waals surface area contributed by atoms with Crippen molar-refractivity contribution < 1.29 is 14.6 Å². The zero-order chi connectivity index (χ0) is 15.2. The van der Waals surface area contributed by atoms with Gasteiger partial charge in [-0.3, -0.25) is 0 Å². The normalized spacial score (nSPS) is 19.0. The SMILES string of the molecule is COCCC(C)NC(=O)N1CCc2ccccc2C1CO. The summed E-state index contributed by atoms with van der Waals surface area (Å²) in [5.41, 5.74) is 2.26. The Kier molecular flexibility index (Phi) is 5.59. The molecule has 0 saturated carbocycles. The minimum atomic E-state index is -0.260. The molecule has 0 aliphatic carbocycles. The molecular weight excluding hydrogens is 268 g/mol. The van der Waals surface area contributed by atoms with Crippen LogP contribution in [0.1, 0.15) is 30.5 Å². The van der Waals surface area contributed by atoms with Gasteiger partial charge in [-0.1, -0.05) is 24.3 Å². The van der Waals surface area contributed by atoms with Crippen molar-refractivity contribution in [2.75, 3.05) is 26.9 Å². The van der Waals surface area contributed by atoms with Crippen molar-refractivity contribution in [1.29, 1.82) is 0 Å². The molecule has 0 saturated heterocycles. The summed E-state index contributed by atoms with van der Waals surface area (Å²) in [7, 11) is 1.65. The lowest BCUT2D eigenvalue weighted by Gasteiger charge is -2.37. The highest BCUT2D eigenvalue weighted by atomic mass is 16.5. The Bertz CT molecular complexity index is 478. The molecule has 116 valence electrons. The number of carbonyl (C=O) groups is 1. The number of amides is 2. The van der Waals surface area contributed by atoms with E-state index in [2.05, 4.69) is 11.4 Å². The van der Waals surface area contributed by atoms with Crippen molar-refractivity contribution in [2.45, 2.75) is 31.8 Å². The molecule has 1 aliphatic rings. The summed E-state index contributed by atoms with van der Waals surface area (Å²) in [5.74, 6) is 0. The topological polar surface area (TPSA) is 61.8 Å². The van der Waals surface area contributed by atoms with E-state index in [4.69, 9.17) is 4.74 Å². The molecule has 21 heavy (non-hydrogen) atoms. The maximum Gasteiger partial charge on any atom is 0.318 e. The van der Waals surface area contributed by atoms with Crippen LogP contribution in [0.4, 0.5) is 4.79 Å². The number of nitrogens with one attached hydrogen (secondary N) is 1. The Balaban J connectivity index is 2.05. The number of hydrogen-bond donors (Lipinski definition) is 2. The molecule has 2 N–H and O–H groups in total. The second kappa shape index (κ2) is 7.43. The predicted molar refractivity (Wildman–Crippen MR) is 81.2 cm³/mol. The first kappa shape index (κ1) is 15.8. The van der Waals surface area contributed by atoms with Gasteiger partial charge in [-0.15, -0.1) is 0 Å². The van der Waals surface area contributed by atoms with Crippen LogP contribution in [-0.2, 0) is 11.2 Å². The quantitative estimate of drug-likeness (QED) is 0.868. The van der Waals surface area contributed by atoms with E-state index in [-0.39, 0.29) is 24.7 Å². The number of aliphatic hydroxyl groups excluding tert-OH is 1. The predicted octanol–water partition coefficient (Wildman–Crippen LogP) is 1.71. The summed E-state index contributed by atoms with van der Waals surface area (Å²) < 4.78 is 5.02. The number of fused-ring (bicyclic) bond motifs is 1. The molecule has 1 heterocycles. The van der Waals surface area contributed by atoms with E-state index in [1.54, 1.807) is 12.0 Å². The largest absolute Gasteiger partial charge is 0.394 e. The summed E-state index contributed by atoms with van der Waals surface area (Å²) in [4.78, 5) is 14.1. The Labute approximate surface area is 125 Å². The molecule has 1 aromatic carbocycles. The first-order valence-corrected chi connectivity index (χ1v) is 7.42. The standard InChI is InChI=1S/C16H24N2O3/c1-12(8-10-21-2)17-16(20)18-9-7-13-5-3-4-6-14(13)15(18)11-19/h3-6,12,15,19H,7-11H2,1-2H3,(H,17,20). The van der Waals surface area contributed by atoms with Gasteiger partial charge in [-0.05, 0) is 30.9 Å². The van der Waals surface area contributed by atoms with Crippen molar-refractivity contribution in [3.63, 3.8) is 0 Å². The fourth-order valence-corrected chi connectivity index (χ4v) is 2.75. The first-order valence-electron chi connectivity index (χ1n) is 7.42. The Morgan fingerprint density at radius 3 is 3.00 bits per heavy atom. The Morgan fingerprint density at radius 1 is 1.52 bits per heavy atom. The van der Waals surface area contributed by atoms with Gasteiger partial charge in [0.05, 0.1) is 12.6 Å². The third-order valence-electron chi connectivity index (χ3n) is 3.97. The zero-order valence-electron chi connectivity index (χ0n) is 12.7. The van der Waals surface area contributed by atoms with Crippen molar-refractivity contribution in [3.05, 3.63) is 35.4 Å². The Morgan fingerprint density at radius 2 is 2.29 bits per heavy atom. The van der Waals surface area contributed by atoms with E-state index in [0.717, 1.165) is 18.4 Å². The molecule has 2 rings (SSSR count). The van der Waals surface area contributed by atoms with Gasteiger partial charge in [0.1, 0.15) is 0 Å². The lowest BCUT2D eigenvalue weighted by atomic mass is 9.93. The minimum absolute atomic E-state index is 0.0500. The lowest BCUT2D eigenvalue weighted by Crippen LogP contribution is -2.49. The summed E-state index contributed by atoms with van der Waals surface area (Å²) in [6.45, 7) is 3.15. The van der Waals surface area contributed by atoms with Crippen LogP contribution in [0.3, 0.4) is 0 Å². The molecular formula is C16H24N2O3. The first-order chi connectivity index (χ1) is 10.2. The van der Waals surface area contributed by atoms with Gasteiger partial charge in [-0.25, -0.2) is 4.79 Å². The van der Waals surface area contributed by atoms with Crippen LogP contribution in [0.5, 0.6) is 0 Å². The summed E-state index contributed by atoms with van der Waals surface area (Å²) in [6.07, 6.45) is 1.60. The molecule has 0 spiro atoms. The van der Waals surface area contributed by atoms with Crippen LogP contribution in [0, 0.1) is 0 Å². The van der Waals surface area contributed by atoms with Crippen LogP contribution in [0.2, 0.25) is 0 Å². The number of aliphatic hydroxyl groups is 1. The van der Waals surface area contributed by atoms with E-state index in [1.165, 1.54) is 5.56 Å². The molecule has 0 aromatic heterocycles. The average Bonchev–Trinajstić information content (AvgIpc) is 2.51. The third kappa shape index (κ3) is 3.74. The van der Waals surface area contributed by atoms with E-state index >= 15 is 0 Å². The third-order valence-corrected chi connectivity index (χ3v) is 3.97. The molecule has 0 bridgehead atoms. The molecule has 1 aliphatic heterocycles. The molecule has 0 radical (unpaired) electrons. The molecule has 5 heteroatoms. The van der Waals surface area contributed by atoms with Gasteiger partial charge in [0.2, 0.25) is 0 Å². The fraction of sp³-hybridized carbons (Fsp3) is 0.562. The van der Waals surface area contributed by atoms with Crippen molar-refractivity contribution in [3.8, 4) is 0 Å². The second-order valence-electron chi connectivity index (χ2n) is 5.47. The number of nitrogens with zero attached hydrogens (tertiary/aromatic N) is 1. The molecule has 2 atom stereocenters. The molecule has 1 aromatic rings. The number of ether oxygens (including phenoxy) is 1. The summed E-state index contributed by atoms with van der Waals surface area (Å²) in [5, 5.41) is 12.7. The minimum Gasteiger partial charge on any atom is -0.394 e. The molecule has 0 fully saturated rings. The number of methoxy groups -OCH3 is 1. The second-order valence-corrected chi connectivity index (χ2v) is 5.47. The van der Waals surface area contributed by atoms with Gasteiger partial charge in [-0.2, -0.15) is 0 Å². The molecule has 2 unspecified atom stereocenters. The lowest BCUT2D eigenvalue weighted by molar-refractivity contribution is 0.123. The fourth-order valence-electron chi connectivity index (χ4n) is 2.75. The number of urea groups is 1. The smallest absolute Gasteiger partial charge is 0.318 e. The molecule has 2 amide bonds. The van der Waals surface area contributed by atoms with Crippen LogP contribution >= 0.6 is 0 Å². The summed E-state index contributed by atoms with van der Waals surface area (Å²) >= 11 is 0. The molecule has 5 nitrogen and oxygen atoms in total. The van der Waals surface area contributed by atoms with Crippen molar-refractivity contribution in [1.82, 2.24) is 10.2 Å². The highest BCUT2D eigenvalue weighted by molar-refractivity contribution is 5.75. The van der Waals surface area contributed by atoms with Gasteiger partial charge in [0.25, 0.3) is 0 Å². The number of carbonyl (C=O) groups excluding carboxylic acids is 1. The van der Waals surface area contributed by atoms with Crippen LogP contribution in [0.25, 0.3) is 0 Å². The maximum absolute atomic E-state index is 12.4. The average molecular weight is 292 g/mol. The number of benzene rings is 1. The van der Waals surface area contributed by atoms with Crippen molar-refractivity contribution in [2.24, 2.45) is 0 Å². The van der Waals surface area contributed by atoms with Gasteiger partial charge in [0.15, 0.2) is 0 Å². The number of rotatable bonds is 5. The van der Waals surface area contributed by atoms with Gasteiger partial charge in [0, 0.05) is 26.3 Å².